The molecule has 0 saturated carbocycles. The molecule has 2 N–H and O–H groups in total. The van der Waals surface area contributed by atoms with Crippen molar-refractivity contribution in [3.63, 3.8) is 0 Å². The lowest BCUT2D eigenvalue weighted by Crippen LogP contribution is -2.30. The lowest BCUT2D eigenvalue weighted by molar-refractivity contribution is 0.0952. The van der Waals surface area contributed by atoms with Crippen LogP contribution in [0.3, 0.4) is 0 Å². The van der Waals surface area contributed by atoms with Gasteiger partial charge in [-0.1, -0.05) is 35.1 Å². The number of rotatable bonds is 5. The van der Waals surface area contributed by atoms with Gasteiger partial charge in [0.15, 0.2) is 4.96 Å². The van der Waals surface area contributed by atoms with Gasteiger partial charge in [-0.15, -0.1) is 0 Å². The van der Waals surface area contributed by atoms with E-state index in [1.165, 1.54) is 18.4 Å². The monoisotopic (exact) mass is 404 g/mol. The van der Waals surface area contributed by atoms with Gasteiger partial charge in [-0.25, -0.2) is 4.98 Å². The lowest BCUT2D eigenvalue weighted by atomic mass is 10.1. The summed E-state index contributed by atoms with van der Waals surface area (Å²) in [7, 11) is 0. The van der Waals surface area contributed by atoms with Crippen molar-refractivity contribution in [2.24, 2.45) is 0 Å². The van der Waals surface area contributed by atoms with Crippen molar-refractivity contribution in [3.8, 4) is 11.3 Å². The Labute approximate surface area is 173 Å². The molecule has 148 valence electrons. The van der Waals surface area contributed by atoms with Gasteiger partial charge in [0.2, 0.25) is 0 Å². The molecule has 2 aromatic heterocycles. The van der Waals surface area contributed by atoms with Crippen molar-refractivity contribution in [2.75, 3.05) is 13.1 Å². The van der Waals surface area contributed by atoms with Gasteiger partial charge < -0.3 is 10.6 Å². The summed E-state index contributed by atoms with van der Waals surface area (Å²) in [5.74, 6) is -0.00335. The molecule has 4 aromatic rings. The fraction of sp³-hybridized carbons (Fsp3) is 0.304. The van der Waals surface area contributed by atoms with Crippen LogP contribution < -0.4 is 10.6 Å². The van der Waals surface area contributed by atoms with Crippen LogP contribution in [0.5, 0.6) is 0 Å². The molecule has 1 aliphatic rings. The first-order chi connectivity index (χ1) is 14.2. The number of amides is 1. The zero-order valence-corrected chi connectivity index (χ0v) is 17.3. The number of imidazole rings is 1. The van der Waals surface area contributed by atoms with Gasteiger partial charge >= 0.3 is 0 Å². The van der Waals surface area contributed by atoms with E-state index in [4.69, 9.17) is 4.98 Å². The zero-order chi connectivity index (χ0) is 19.8. The highest BCUT2D eigenvalue weighted by molar-refractivity contribution is 7.23. The van der Waals surface area contributed by atoms with Crippen LogP contribution in [0.2, 0.25) is 0 Å². The quantitative estimate of drug-likeness (QED) is 0.518. The summed E-state index contributed by atoms with van der Waals surface area (Å²) >= 11 is 1.62. The molecule has 3 heterocycles. The summed E-state index contributed by atoms with van der Waals surface area (Å²) in [5, 5.41) is 6.52. The third-order valence-corrected chi connectivity index (χ3v) is 6.63. The van der Waals surface area contributed by atoms with E-state index in [1.807, 2.05) is 18.2 Å². The number of fused-ring (bicyclic) bond motifs is 3. The maximum Gasteiger partial charge on any atom is 0.251 e. The SMILES string of the molecule is Cc1cccc(-c2cn3c(n2)sc2cc(C(=O)NCCC4CCCN4)ccc23)c1. The first-order valence-corrected chi connectivity index (χ1v) is 11.0. The van der Waals surface area contributed by atoms with Crippen LogP contribution in [-0.4, -0.2) is 34.4 Å². The summed E-state index contributed by atoms with van der Waals surface area (Å²) in [6.07, 6.45) is 5.52. The maximum absolute atomic E-state index is 12.5. The standard InChI is InChI=1S/C23H24N4OS/c1-15-4-2-5-16(12-15)19-14-27-20-8-7-17(13-21(20)29-23(27)26-19)22(28)25-11-9-18-6-3-10-24-18/h2,4-5,7-8,12-14,18,24H,3,6,9-11H2,1H3,(H,25,28). The molecule has 0 bridgehead atoms. The van der Waals surface area contributed by atoms with E-state index in [0.29, 0.717) is 18.2 Å². The van der Waals surface area contributed by atoms with Gasteiger partial charge in [0.25, 0.3) is 5.91 Å². The average Bonchev–Trinajstić information content (AvgIpc) is 3.43. The normalized spacial score (nSPS) is 16.7. The second-order valence-corrected chi connectivity index (χ2v) is 8.78. The molecule has 2 aromatic carbocycles. The Morgan fingerprint density at radius 1 is 1.31 bits per heavy atom. The molecule has 5 rings (SSSR count). The second kappa shape index (κ2) is 7.61. The third kappa shape index (κ3) is 3.66. The van der Waals surface area contributed by atoms with Crippen LogP contribution in [0.25, 0.3) is 26.4 Å². The number of nitrogens with zero attached hydrogens (tertiary/aromatic N) is 2. The number of benzene rings is 2. The minimum Gasteiger partial charge on any atom is -0.352 e. The van der Waals surface area contributed by atoms with Crippen molar-refractivity contribution in [2.45, 2.75) is 32.2 Å². The average molecular weight is 405 g/mol. The molecule has 1 saturated heterocycles. The second-order valence-electron chi connectivity index (χ2n) is 7.77. The van der Waals surface area contributed by atoms with Gasteiger partial charge in [-0.2, -0.15) is 0 Å². The Bertz CT molecular complexity index is 1190. The van der Waals surface area contributed by atoms with Gasteiger partial charge in [-0.05, 0) is 57.0 Å². The summed E-state index contributed by atoms with van der Waals surface area (Å²) in [4.78, 5) is 18.3. The molecule has 1 atom stereocenters. The minimum atomic E-state index is -0.00335. The van der Waals surface area contributed by atoms with Crippen LogP contribution >= 0.6 is 11.3 Å². The maximum atomic E-state index is 12.5. The van der Waals surface area contributed by atoms with E-state index in [0.717, 1.165) is 39.4 Å². The first-order valence-electron chi connectivity index (χ1n) is 10.2. The molecule has 0 spiro atoms. The third-order valence-electron chi connectivity index (χ3n) is 5.61. The van der Waals surface area contributed by atoms with Crippen molar-refractivity contribution in [1.29, 1.82) is 0 Å². The summed E-state index contributed by atoms with van der Waals surface area (Å²) in [6.45, 7) is 3.90. The number of carbonyl (C=O) groups is 1. The fourth-order valence-electron chi connectivity index (χ4n) is 4.05. The molecule has 0 aliphatic carbocycles. The fourth-order valence-corrected chi connectivity index (χ4v) is 5.10. The number of carbonyl (C=O) groups excluding carboxylic acids is 1. The largest absolute Gasteiger partial charge is 0.352 e. The van der Waals surface area contributed by atoms with E-state index in [-0.39, 0.29) is 5.91 Å². The molecule has 1 aliphatic heterocycles. The van der Waals surface area contributed by atoms with Crippen molar-refractivity contribution >= 4 is 32.4 Å². The molecular formula is C23H24N4OS. The predicted octanol–water partition coefficient (Wildman–Crippen LogP) is 4.40. The highest BCUT2D eigenvalue weighted by Crippen LogP contribution is 2.30. The highest BCUT2D eigenvalue weighted by atomic mass is 32.1. The Hall–Kier alpha value is -2.70. The number of aryl methyl sites for hydroxylation is 1. The molecule has 6 heteroatoms. The van der Waals surface area contributed by atoms with Crippen LogP contribution in [-0.2, 0) is 0 Å². The molecule has 0 radical (unpaired) electrons. The predicted molar refractivity (Wildman–Crippen MR) is 119 cm³/mol. The number of aromatic nitrogens is 2. The molecular weight excluding hydrogens is 380 g/mol. The zero-order valence-electron chi connectivity index (χ0n) is 16.4. The van der Waals surface area contributed by atoms with Crippen molar-refractivity contribution < 1.29 is 4.79 Å². The molecule has 29 heavy (non-hydrogen) atoms. The van der Waals surface area contributed by atoms with Gasteiger partial charge in [0, 0.05) is 29.9 Å². The highest BCUT2D eigenvalue weighted by Gasteiger charge is 2.15. The van der Waals surface area contributed by atoms with Crippen LogP contribution in [0.4, 0.5) is 0 Å². The lowest BCUT2D eigenvalue weighted by Gasteiger charge is -2.10. The van der Waals surface area contributed by atoms with Crippen LogP contribution in [0.1, 0.15) is 35.2 Å². The Balaban J connectivity index is 1.35. The van der Waals surface area contributed by atoms with Gasteiger partial charge in [-0.3, -0.25) is 9.20 Å². The van der Waals surface area contributed by atoms with Gasteiger partial charge in [0.1, 0.15) is 0 Å². The number of hydrogen-bond donors (Lipinski definition) is 2. The van der Waals surface area contributed by atoms with Gasteiger partial charge in [0.05, 0.1) is 15.9 Å². The first kappa shape index (κ1) is 18.3. The molecule has 1 unspecified atom stereocenters. The van der Waals surface area contributed by atoms with E-state index in [2.05, 4.69) is 52.4 Å². The number of hydrogen-bond acceptors (Lipinski definition) is 4. The van der Waals surface area contributed by atoms with Crippen LogP contribution in [0, 0.1) is 6.92 Å². The molecule has 1 fully saturated rings. The summed E-state index contributed by atoms with van der Waals surface area (Å²) < 4.78 is 3.19. The molecule has 1 amide bonds. The summed E-state index contributed by atoms with van der Waals surface area (Å²) in [5.41, 5.74) is 5.12. The summed E-state index contributed by atoms with van der Waals surface area (Å²) in [6, 6.07) is 14.8. The Kier molecular flexibility index (Phi) is 4.81. The number of nitrogens with one attached hydrogen (secondary N) is 2. The van der Waals surface area contributed by atoms with Crippen molar-refractivity contribution in [3.05, 3.63) is 59.8 Å². The Morgan fingerprint density at radius 3 is 3.07 bits per heavy atom. The van der Waals surface area contributed by atoms with Crippen molar-refractivity contribution in [1.82, 2.24) is 20.0 Å². The van der Waals surface area contributed by atoms with Crippen LogP contribution in [0.15, 0.2) is 48.7 Å². The topological polar surface area (TPSA) is 58.4 Å². The smallest absolute Gasteiger partial charge is 0.251 e. The van der Waals surface area contributed by atoms with E-state index in [1.54, 1.807) is 11.3 Å². The van der Waals surface area contributed by atoms with E-state index < -0.39 is 0 Å². The Morgan fingerprint density at radius 2 is 2.24 bits per heavy atom. The molecule has 5 nitrogen and oxygen atoms in total. The number of thiazole rings is 1. The minimum absolute atomic E-state index is 0.00335. The van der Waals surface area contributed by atoms with E-state index in [9.17, 15) is 4.79 Å². The van der Waals surface area contributed by atoms with E-state index >= 15 is 0 Å².